The normalized spacial score (nSPS) is 15.2. The first-order valence-corrected chi connectivity index (χ1v) is 9.65. The van der Waals surface area contributed by atoms with Gasteiger partial charge in [0, 0.05) is 43.9 Å². The lowest BCUT2D eigenvalue weighted by Crippen LogP contribution is -2.37. The van der Waals surface area contributed by atoms with Gasteiger partial charge in [0.05, 0.1) is 16.1 Å². The highest BCUT2D eigenvalue weighted by Crippen LogP contribution is 2.27. The SMILES string of the molecule is Nc1ccc2c(c1)CN(C(=O)CCCN1C(=O)c3ccc([N+](=O)[O-])cc3C1=O)CC2. The Bertz CT molecular complexity index is 1080. The summed E-state index contributed by atoms with van der Waals surface area (Å²) in [6, 6.07) is 9.35. The molecule has 0 radical (unpaired) electrons. The number of imide groups is 1. The number of benzene rings is 2. The van der Waals surface area contributed by atoms with Crippen LogP contribution in [-0.2, 0) is 17.8 Å². The Kier molecular flexibility index (Phi) is 4.94. The summed E-state index contributed by atoms with van der Waals surface area (Å²) in [7, 11) is 0. The van der Waals surface area contributed by atoms with Gasteiger partial charge < -0.3 is 10.6 Å². The van der Waals surface area contributed by atoms with Gasteiger partial charge in [-0.15, -0.1) is 0 Å². The van der Waals surface area contributed by atoms with Crippen LogP contribution in [0.15, 0.2) is 36.4 Å². The zero-order valence-electron chi connectivity index (χ0n) is 16.2. The van der Waals surface area contributed by atoms with E-state index in [1.54, 1.807) is 4.90 Å². The minimum absolute atomic E-state index is 0.0331. The number of carbonyl (C=O) groups excluding carboxylic acids is 3. The number of hydrogen-bond acceptors (Lipinski definition) is 6. The maximum atomic E-state index is 12.6. The average Bonchev–Trinajstić information content (AvgIpc) is 2.97. The van der Waals surface area contributed by atoms with Gasteiger partial charge in [0.15, 0.2) is 0 Å². The third-order valence-electron chi connectivity index (χ3n) is 5.53. The third kappa shape index (κ3) is 3.49. The van der Waals surface area contributed by atoms with E-state index in [2.05, 4.69) is 0 Å². The molecule has 0 saturated heterocycles. The van der Waals surface area contributed by atoms with Gasteiger partial charge in [-0.1, -0.05) is 6.07 Å². The minimum Gasteiger partial charge on any atom is -0.399 e. The molecule has 3 amide bonds. The van der Waals surface area contributed by atoms with Crippen LogP contribution in [0.5, 0.6) is 0 Å². The van der Waals surface area contributed by atoms with Crippen LogP contribution in [0.2, 0.25) is 0 Å². The Morgan fingerprint density at radius 1 is 1.07 bits per heavy atom. The molecule has 154 valence electrons. The van der Waals surface area contributed by atoms with Gasteiger partial charge in [0.2, 0.25) is 5.91 Å². The number of carbonyl (C=O) groups is 3. The van der Waals surface area contributed by atoms with Gasteiger partial charge in [-0.05, 0) is 42.2 Å². The Morgan fingerprint density at radius 2 is 1.83 bits per heavy atom. The van der Waals surface area contributed by atoms with Crippen molar-refractivity contribution in [2.45, 2.75) is 25.8 Å². The highest BCUT2D eigenvalue weighted by atomic mass is 16.6. The van der Waals surface area contributed by atoms with Crippen LogP contribution in [0, 0.1) is 10.1 Å². The molecule has 0 bridgehead atoms. The van der Waals surface area contributed by atoms with Gasteiger partial charge >= 0.3 is 0 Å². The van der Waals surface area contributed by atoms with Gasteiger partial charge in [0.1, 0.15) is 0 Å². The van der Waals surface area contributed by atoms with Crippen molar-refractivity contribution in [2.24, 2.45) is 0 Å². The first-order valence-electron chi connectivity index (χ1n) is 9.65. The zero-order chi connectivity index (χ0) is 21.4. The quantitative estimate of drug-likeness (QED) is 0.349. The second-order valence-corrected chi connectivity index (χ2v) is 7.45. The maximum Gasteiger partial charge on any atom is 0.270 e. The number of amides is 3. The summed E-state index contributed by atoms with van der Waals surface area (Å²) in [6.45, 7) is 1.20. The number of nitro benzene ring substituents is 1. The molecule has 0 atom stereocenters. The first-order chi connectivity index (χ1) is 14.3. The number of fused-ring (bicyclic) bond motifs is 2. The molecule has 9 heteroatoms. The van der Waals surface area contributed by atoms with Crippen molar-refractivity contribution in [3.8, 4) is 0 Å². The van der Waals surface area contributed by atoms with Gasteiger partial charge in [-0.2, -0.15) is 0 Å². The van der Waals surface area contributed by atoms with Gasteiger partial charge in [0.25, 0.3) is 17.5 Å². The van der Waals surface area contributed by atoms with Crippen LogP contribution in [-0.4, -0.2) is 45.5 Å². The summed E-state index contributed by atoms with van der Waals surface area (Å²) in [5.74, 6) is -1.09. The van der Waals surface area contributed by atoms with Crippen molar-refractivity contribution in [1.82, 2.24) is 9.80 Å². The smallest absolute Gasteiger partial charge is 0.270 e. The molecule has 4 rings (SSSR count). The van der Waals surface area contributed by atoms with Crippen molar-refractivity contribution in [3.05, 3.63) is 68.8 Å². The largest absolute Gasteiger partial charge is 0.399 e. The number of nitrogens with zero attached hydrogens (tertiary/aromatic N) is 3. The molecular formula is C21H20N4O5. The molecule has 9 nitrogen and oxygen atoms in total. The second-order valence-electron chi connectivity index (χ2n) is 7.45. The Labute approximate surface area is 172 Å². The van der Waals surface area contributed by atoms with Crippen molar-refractivity contribution >= 4 is 29.1 Å². The third-order valence-corrected chi connectivity index (χ3v) is 5.53. The predicted molar refractivity (Wildman–Crippen MR) is 108 cm³/mol. The maximum absolute atomic E-state index is 12.6. The van der Waals surface area contributed by atoms with Crippen molar-refractivity contribution in [1.29, 1.82) is 0 Å². The monoisotopic (exact) mass is 408 g/mol. The van der Waals surface area contributed by atoms with Crippen LogP contribution in [0.4, 0.5) is 11.4 Å². The molecule has 0 unspecified atom stereocenters. The van der Waals surface area contributed by atoms with Crippen LogP contribution in [0.25, 0.3) is 0 Å². The molecule has 2 aliphatic rings. The van der Waals surface area contributed by atoms with Crippen LogP contribution in [0.3, 0.4) is 0 Å². The topological polar surface area (TPSA) is 127 Å². The van der Waals surface area contributed by atoms with E-state index in [1.165, 1.54) is 17.7 Å². The second kappa shape index (κ2) is 7.58. The Balaban J connectivity index is 1.35. The fourth-order valence-corrected chi connectivity index (χ4v) is 3.93. The Hall–Kier alpha value is -3.75. The van der Waals surface area contributed by atoms with E-state index in [9.17, 15) is 24.5 Å². The number of anilines is 1. The lowest BCUT2D eigenvalue weighted by Gasteiger charge is -2.29. The summed E-state index contributed by atoms with van der Waals surface area (Å²) < 4.78 is 0. The molecule has 2 N–H and O–H groups in total. The van der Waals surface area contributed by atoms with Crippen LogP contribution < -0.4 is 5.73 Å². The van der Waals surface area contributed by atoms with E-state index >= 15 is 0 Å². The van der Waals surface area contributed by atoms with E-state index < -0.39 is 16.7 Å². The standard InChI is InChI=1S/C21H20N4O5/c22-15-4-3-13-7-9-23(12-14(13)10-15)19(26)2-1-8-24-20(27)17-6-5-16(25(29)30)11-18(17)21(24)28/h3-6,10-11H,1-2,7-9,12,22H2. The molecule has 0 saturated carbocycles. The number of nitro groups is 1. The molecule has 2 heterocycles. The zero-order valence-corrected chi connectivity index (χ0v) is 16.2. The van der Waals surface area contributed by atoms with E-state index in [4.69, 9.17) is 5.73 Å². The number of nitrogens with two attached hydrogens (primary N) is 1. The first kappa shape index (κ1) is 19.6. The summed E-state index contributed by atoms with van der Waals surface area (Å²) >= 11 is 0. The molecule has 0 aliphatic carbocycles. The lowest BCUT2D eigenvalue weighted by atomic mass is 9.99. The lowest BCUT2D eigenvalue weighted by molar-refractivity contribution is -0.384. The number of rotatable bonds is 5. The van der Waals surface area contributed by atoms with E-state index in [1.807, 2.05) is 18.2 Å². The van der Waals surface area contributed by atoms with Gasteiger partial charge in [-0.25, -0.2) is 0 Å². The molecule has 2 aromatic rings. The van der Waals surface area contributed by atoms with Crippen molar-refractivity contribution in [2.75, 3.05) is 18.8 Å². The fraction of sp³-hybridized carbons (Fsp3) is 0.286. The van der Waals surface area contributed by atoms with E-state index in [0.717, 1.165) is 23.0 Å². The van der Waals surface area contributed by atoms with Crippen molar-refractivity contribution in [3.63, 3.8) is 0 Å². The van der Waals surface area contributed by atoms with Crippen LogP contribution >= 0.6 is 0 Å². The molecule has 2 aromatic carbocycles. The Morgan fingerprint density at radius 3 is 2.60 bits per heavy atom. The highest BCUT2D eigenvalue weighted by molar-refractivity contribution is 6.21. The van der Waals surface area contributed by atoms with Crippen LogP contribution in [0.1, 0.15) is 44.7 Å². The summed E-state index contributed by atoms with van der Waals surface area (Å²) in [4.78, 5) is 50.7. The van der Waals surface area contributed by atoms with E-state index in [-0.39, 0.29) is 35.7 Å². The molecule has 30 heavy (non-hydrogen) atoms. The molecular weight excluding hydrogens is 388 g/mol. The van der Waals surface area contributed by atoms with E-state index in [0.29, 0.717) is 25.2 Å². The summed E-state index contributed by atoms with van der Waals surface area (Å²) in [5, 5.41) is 10.9. The number of nitrogen functional groups attached to an aromatic ring is 1. The van der Waals surface area contributed by atoms with Crippen molar-refractivity contribution < 1.29 is 19.3 Å². The molecule has 0 aromatic heterocycles. The summed E-state index contributed by atoms with van der Waals surface area (Å²) in [5.41, 5.74) is 8.67. The average molecular weight is 408 g/mol. The highest BCUT2D eigenvalue weighted by Gasteiger charge is 2.36. The molecule has 0 spiro atoms. The van der Waals surface area contributed by atoms with Gasteiger partial charge in [-0.3, -0.25) is 29.4 Å². The fourth-order valence-electron chi connectivity index (χ4n) is 3.93. The number of hydrogen-bond donors (Lipinski definition) is 1. The molecule has 2 aliphatic heterocycles. The molecule has 0 fully saturated rings. The summed E-state index contributed by atoms with van der Waals surface area (Å²) in [6.07, 6.45) is 1.29. The predicted octanol–water partition coefficient (Wildman–Crippen LogP) is 2.14. The minimum atomic E-state index is -0.607. The number of non-ortho nitro benzene ring substituents is 1.